The molecular weight excluding hydrogens is 256 g/mol. The maximum Gasteiger partial charge on any atom is 0.252 e. The smallest absolute Gasteiger partial charge is 0.252 e. The highest BCUT2D eigenvalue weighted by atomic mass is 16.3. The average Bonchev–Trinajstić information content (AvgIpc) is 2.40. The lowest BCUT2D eigenvalue weighted by atomic mass is 10.1. The number of aryl methyl sites for hydroxylation is 2. The molecule has 1 atom stereocenters. The Balaban J connectivity index is 2.26. The number of fused-ring (bicyclic) bond motifs is 1. The lowest BCUT2D eigenvalue weighted by Crippen LogP contribution is -2.30. The highest BCUT2D eigenvalue weighted by Crippen LogP contribution is 2.17. The molecule has 0 amide bonds. The van der Waals surface area contributed by atoms with E-state index in [0.29, 0.717) is 12.1 Å². The van der Waals surface area contributed by atoms with Crippen molar-refractivity contribution in [1.29, 1.82) is 0 Å². The van der Waals surface area contributed by atoms with Crippen molar-refractivity contribution in [3.8, 4) is 0 Å². The quantitative estimate of drug-likeness (QED) is 0.644. The van der Waals surface area contributed by atoms with Gasteiger partial charge in [-0.05, 0) is 36.9 Å². The molecule has 1 heterocycles. The van der Waals surface area contributed by atoms with Crippen molar-refractivity contribution < 1.29 is 10.2 Å². The molecule has 2 rings (SSSR count). The Kier molecular flexibility index (Phi) is 4.54. The normalized spacial score (nSPS) is 12.8. The van der Waals surface area contributed by atoms with Crippen molar-refractivity contribution in [1.82, 2.24) is 10.3 Å². The molecule has 0 aliphatic carbocycles. The molecular formula is C15H20N2O3. The fourth-order valence-electron chi connectivity index (χ4n) is 2.30. The van der Waals surface area contributed by atoms with Gasteiger partial charge in [-0.25, -0.2) is 0 Å². The summed E-state index contributed by atoms with van der Waals surface area (Å²) in [5.41, 5.74) is 3.55. The van der Waals surface area contributed by atoms with Crippen molar-refractivity contribution in [3.05, 3.63) is 45.2 Å². The third-order valence-corrected chi connectivity index (χ3v) is 3.28. The zero-order valence-corrected chi connectivity index (χ0v) is 11.7. The standard InChI is InChI=1S/C15H20N2O3/c1-9-3-10(2)14-11(4-9)5-12(15(20)17-14)6-16-7-13(19)8-18/h3-5,13,16,18-19H,6-8H2,1-2H3,(H,17,20)/t13-/m1/s1. The van der Waals surface area contributed by atoms with Gasteiger partial charge in [-0.3, -0.25) is 4.79 Å². The maximum atomic E-state index is 12.0. The number of aliphatic hydroxyl groups excluding tert-OH is 2. The first-order valence-electron chi connectivity index (χ1n) is 6.64. The van der Waals surface area contributed by atoms with Crippen LogP contribution in [0.1, 0.15) is 16.7 Å². The molecule has 0 spiro atoms. The third-order valence-electron chi connectivity index (χ3n) is 3.28. The minimum Gasteiger partial charge on any atom is -0.394 e. The van der Waals surface area contributed by atoms with E-state index in [2.05, 4.69) is 10.3 Å². The lowest BCUT2D eigenvalue weighted by Gasteiger charge is -2.10. The number of aromatic amines is 1. The second-order valence-corrected chi connectivity index (χ2v) is 5.14. The summed E-state index contributed by atoms with van der Waals surface area (Å²) in [5.74, 6) is 0. The summed E-state index contributed by atoms with van der Waals surface area (Å²) in [7, 11) is 0. The van der Waals surface area contributed by atoms with E-state index in [1.54, 1.807) is 0 Å². The first-order valence-corrected chi connectivity index (χ1v) is 6.64. The van der Waals surface area contributed by atoms with Gasteiger partial charge < -0.3 is 20.5 Å². The molecule has 0 bridgehead atoms. The second kappa shape index (κ2) is 6.17. The van der Waals surface area contributed by atoms with Crippen LogP contribution in [0.2, 0.25) is 0 Å². The number of aliphatic hydroxyl groups is 2. The van der Waals surface area contributed by atoms with Crippen molar-refractivity contribution >= 4 is 10.9 Å². The van der Waals surface area contributed by atoms with Gasteiger partial charge in [0.15, 0.2) is 0 Å². The van der Waals surface area contributed by atoms with E-state index in [4.69, 9.17) is 5.11 Å². The van der Waals surface area contributed by atoms with Crippen molar-refractivity contribution in [2.24, 2.45) is 0 Å². The van der Waals surface area contributed by atoms with Gasteiger partial charge >= 0.3 is 0 Å². The molecule has 108 valence electrons. The number of rotatable bonds is 5. The molecule has 20 heavy (non-hydrogen) atoms. The van der Waals surface area contributed by atoms with E-state index < -0.39 is 6.10 Å². The third kappa shape index (κ3) is 3.25. The van der Waals surface area contributed by atoms with Gasteiger partial charge in [-0.2, -0.15) is 0 Å². The van der Waals surface area contributed by atoms with Crippen LogP contribution in [0.5, 0.6) is 0 Å². The minimum atomic E-state index is -0.806. The Morgan fingerprint density at radius 1 is 1.30 bits per heavy atom. The van der Waals surface area contributed by atoms with Crippen LogP contribution in [-0.4, -0.2) is 34.5 Å². The summed E-state index contributed by atoms with van der Waals surface area (Å²) in [6.07, 6.45) is -0.806. The fourth-order valence-corrected chi connectivity index (χ4v) is 2.30. The second-order valence-electron chi connectivity index (χ2n) is 5.14. The van der Waals surface area contributed by atoms with Crippen LogP contribution >= 0.6 is 0 Å². The van der Waals surface area contributed by atoms with Crippen LogP contribution < -0.4 is 10.9 Å². The Hall–Kier alpha value is -1.69. The van der Waals surface area contributed by atoms with Crippen molar-refractivity contribution in [3.63, 3.8) is 0 Å². The minimum absolute atomic E-state index is 0.129. The number of hydrogen-bond donors (Lipinski definition) is 4. The number of benzene rings is 1. The average molecular weight is 276 g/mol. The number of aromatic nitrogens is 1. The fraction of sp³-hybridized carbons (Fsp3) is 0.400. The highest BCUT2D eigenvalue weighted by Gasteiger charge is 2.07. The molecule has 1 aromatic heterocycles. The number of pyridine rings is 1. The summed E-state index contributed by atoms with van der Waals surface area (Å²) in [5, 5.41) is 21.9. The van der Waals surface area contributed by atoms with Crippen LogP contribution in [0.15, 0.2) is 23.0 Å². The van der Waals surface area contributed by atoms with Crippen molar-refractivity contribution in [2.75, 3.05) is 13.2 Å². The number of nitrogens with one attached hydrogen (secondary N) is 2. The summed E-state index contributed by atoms with van der Waals surface area (Å²) < 4.78 is 0. The number of H-pyrrole nitrogens is 1. The van der Waals surface area contributed by atoms with E-state index in [-0.39, 0.29) is 18.7 Å². The molecule has 0 saturated heterocycles. The van der Waals surface area contributed by atoms with E-state index >= 15 is 0 Å². The SMILES string of the molecule is Cc1cc(C)c2[nH]c(=O)c(CNC[C@@H](O)CO)cc2c1. The van der Waals surface area contributed by atoms with Gasteiger partial charge in [0.25, 0.3) is 5.56 Å². The van der Waals surface area contributed by atoms with Crippen molar-refractivity contribution in [2.45, 2.75) is 26.5 Å². The molecule has 0 unspecified atom stereocenters. The molecule has 0 aliphatic heterocycles. The van der Waals surface area contributed by atoms with Crippen LogP contribution in [0.25, 0.3) is 10.9 Å². The monoisotopic (exact) mass is 276 g/mol. The van der Waals surface area contributed by atoms with Gasteiger partial charge in [0.05, 0.1) is 18.2 Å². The molecule has 4 N–H and O–H groups in total. The van der Waals surface area contributed by atoms with Crippen LogP contribution in [-0.2, 0) is 6.54 Å². The molecule has 0 saturated carbocycles. The zero-order chi connectivity index (χ0) is 14.7. The Bertz CT molecular complexity index is 664. The molecule has 2 aromatic rings. The Morgan fingerprint density at radius 3 is 2.75 bits per heavy atom. The Morgan fingerprint density at radius 2 is 2.05 bits per heavy atom. The summed E-state index contributed by atoms with van der Waals surface area (Å²) in [6.45, 7) is 4.31. The van der Waals surface area contributed by atoms with E-state index in [1.807, 2.05) is 32.0 Å². The van der Waals surface area contributed by atoms with Crippen LogP contribution in [0, 0.1) is 13.8 Å². The largest absolute Gasteiger partial charge is 0.394 e. The predicted molar refractivity (Wildman–Crippen MR) is 78.8 cm³/mol. The van der Waals surface area contributed by atoms with Gasteiger partial charge in [0.2, 0.25) is 0 Å². The predicted octanol–water partition coefficient (Wildman–Crippen LogP) is 0.588. The zero-order valence-electron chi connectivity index (χ0n) is 11.7. The van der Waals surface area contributed by atoms with Crippen LogP contribution in [0.3, 0.4) is 0 Å². The summed E-state index contributed by atoms with van der Waals surface area (Å²) >= 11 is 0. The molecule has 1 aromatic carbocycles. The molecule has 5 heteroatoms. The van der Waals surface area contributed by atoms with Gasteiger partial charge in [-0.1, -0.05) is 11.6 Å². The topological polar surface area (TPSA) is 85.4 Å². The van der Waals surface area contributed by atoms with Gasteiger partial charge in [-0.15, -0.1) is 0 Å². The highest BCUT2D eigenvalue weighted by molar-refractivity contribution is 5.82. The summed E-state index contributed by atoms with van der Waals surface area (Å²) in [6, 6.07) is 5.94. The van der Waals surface area contributed by atoms with Crippen LogP contribution in [0.4, 0.5) is 0 Å². The van der Waals surface area contributed by atoms with E-state index in [1.165, 1.54) is 0 Å². The molecule has 5 nitrogen and oxygen atoms in total. The maximum absolute atomic E-state index is 12.0. The van der Waals surface area contributed by atoms with E-state index in [9.17, 15) is 9.90 Å². The first-order chi connectivity index (χ1) is 9.51. The number of hydrogen-bond acceptors (Lipinski definition) is 4. The molecule has 0 fully saturated rings. The van der Waals surface area contributed by atoms with Gasteiger partial charge in [0, 0.05) is 18.7 Å². The van der Waals surface area contributed by atoms with Gasteiger partial charge in [0.1, 0.15) is 0 Å². The Labute approximate surface area is 117 Å². The molecule has 0 aliphatic rings. The lowest BCUT2D eigenvalue weighted by molar-refractivity contribution is 0.0942. The first kappa shape index (κ1) is 14.7. The summed E-state index contributed by atoms with van der Waals surface area (Å²) in [4.78, 5) is 14.9. The molecule has 0 radical (unpaired) electrons. The van der Waals surface area contributed by atoms with E-state index in [0.717, 1.165) is 22.0 Å².